The van der Waals surface area contributed by atoms with Gasteiger partial charge in [-0.3, -0.25) is 9.59 Å². The Morgan fingerprint density at radius 2 is 1.72 bits per heavy atom. The lowest BCUT2D eigenvalue weighted by Crippen LogP contribution is -2.25. The van der Waals surface area contributed by atoms with Crippen LogP contribution < -0.4 is 10.6 Å². The minimum Gasteiger partial charge on any atom is -0.349 e. The number of hydrogen-bond donors (Lipinski definition) is 2. The quantitative estimate of drug-likeness (QED) is 0.611. The summed E-state index contributed by atoms with van der Waals surface area (Å²) in [6, 6.07) is 15.3. The molecule has 1 aliphatic carbocycles. The van der Waals surface area contributed by atoms with Crippen molar-refractivity contribution < 1.29 is 9.59 Å². The van der Waals surface area contributed by atoms with Crippen LogP contribution in [0.1, 0.15) is 28.8 Å². The van der Waals surface area contributed by atoms with Gasteiger partial charge in [0.1, 0.15) is 0 Å². The molecule has 128 valence electrons. The summed E-state index contributed by atoms with van der Waals surface area (Å²) < 4.78 is 0. The van der Waals surface area contributed by atoms with Gasteiger partial charge in [0.05, 0.1) is 0 Å². The molecule has 25 heavy (non-hydrogen) atoms. The molecule has 5 heteroatoms. The molecular formula is C20H20N2O2S. The summed E-state index contributed by atoms with van der Waals surface area (Å²) in [6.07, 6.45) is 7.37. The zero-order valence-electron chi connectivity index (χ0n) is 14.0. The van der Waals surface area contributed by atoms with Crippen molar-refractivity contribution in [3.05, 3.63) is 65.7 Å². The minimum atomic E-state index is -0.188. The van der Waals surface area contributed by atoms with Crippen molar-refractivity contribution in [2.75, 3.05) is 11.6 Å². The summed E-state index contributed by atoms with van der Waals surface area (Å²) in [5, 5.41) is 5.78. The third-order valence-electron chi connectivity index (χ3n) is 3.87. The first-order valence-electron chi connectivity index (χ1n) is 8.18. The van der Waals surface area contributed by atoms with Crippen molar-refractivity contribution in [2.24, 2.45) is 0 Å². The number of hydrogen-bond acceptors (Lipinski definition) is 3. The van der Waals surface area contributed by atoms with Gasteiger partial charge in [-0.2, -0.15) is 0 Å². The fraction of sp³-hybridized carbons (Fsp3) is 0.200. The van der Waals surface area contributed by atoms with Crippen molar-refractivity contribution in [2.45, 2.75) is 23.8 Å². The summed E-state index contributed by atoms with van der Waals surface area (Å²) in [6.45, 7) is 0. The second kappa shape index (κ2) is 8.03. The molecule has 0 aromatic heterocycles. The van der Waals surface area contributed by atoms with Crippen molar-refractivity contribution in [3.63, 3.8) is 0 Å². The van der Waals surface area contributed by atoms with E-state index >= 15 is 0 Å². The maximum absolute atomic E-state index is 12.0. The molecule has 3 rings (SSSR count). The molecule has 0 saturated heterocycles. The number of carbonyl (C=O) groups is 2. The molecule has 0 heterocycles. The van der Waals surface area contributed by atoms with Crippen molar-refractivity contribution in [1.29, 1.82) is 0 Å². The maximum atomic E-state index is 12.0. The summed E-state index contributed by atoms with van der Waals surface area (Å²) in [5.41, 5.74) is 2.28. The van der Waals surface area contributed by atoms with Crippen LogP contribution in [0.3, 0.4) is 0 Å². The number of thioether (sulfide) groups is 1. The van der Waals surface area contributed by atoms with Crippen LogP contribution in [0.15, 0.2) is 59.5 Å². The van der Waals surface area contributed by atoms with Gasteiger partial charge in [-0.1, -0.05) is 12.1 Å². The minimum absolute atomic E-state index is 0.0375. The van der Waals surface area contributed by atoms with Crippen LogP contribution in [0.4, 0.5) is 5.69 Å². The highest BCUT2D eigenvalue weighted by molar-refractivity contribution is 7.98. The van der Waals surface area contributed by atoms with E-state index in [1.807, 2.05) is 42.7 Å². The van der Waals surface area contributed by atoms with E-state index in [0.717, 1.165) is 29.0 Å². The zero-order valence-corrected chi connectivity index (χ0v) is 14.8. The van der Waals surface area contributed by atoms with E-state index in [0.29, 0.717) is 11.6 Å². The van der Waals surface area contributed by atoms with Crippen LogP contribution in [-0.2, 0) is 4.79 Å². The van der Waals surface area contributed by atoms with Crippen molar-refractivity contribution >= 4 is 35.3 Å². The van der Waals surface area contributed by atoms with E-state index in [1.54, 1.807) is 30.0 Å². The van der Waals surface area contributed by atoms with Gasteiger partial charge in [-0.25, -0.2) is 0 Å². The molecule has 0 atom stereocenters. The predicted molar refractivity (Wildman–Crippen MR) is 103 cm³/mol. The number of amides is 2. The highest BCUT2D eigenvalue weighted by Crippen LogP contribution is 2.19. The standard InChI is InChI=1S/C20H20N2O2S/c1-25-18-11-9-16(10-12-18)21-19(23)13-4-14-2-5-15(6-3-14)20(24)22-17-7-8-17/h2-6,9-13,17H,7-8H2,1H3,(H,21,23)(H,22,24)/b13-4+. The van der Waals surface area contributed by atoms with Crippen LogP contribution in [0.2, 0.25) is 0 Å². The fourth-order valence-electron chi connectivity index (χ4n) is 2.27. The number of carbonyl (C=O) groups excluding carboxylic acids is 2. The first kappa shape index (κ1) is 17.3. The number of nitrogens with one attached hydrogen (secondary N) is 2. The summed E-state index contributed by atoms with van der Waals surface area (Å²) in [7, 11) is 0. The Bertz CT molecular complexity index is 778. The Balaban J connectivity index is 1.54. The lowest BCUT2D eigenvalue weighted by molar-refractivity contribution is -0.111. The monoisotopic (exact) mass is 352 g/mol. The average Bonchev–Trinajstić information content (AvgIpc) is 3.45. The topological polar surface area (TPSA) is 58.2 Å². The van der Waals surface area contributed by atoms with Crippen molar-refractivity contribution in [1.82, 2.24) is 5.32 Å². The average molecular weight is 352 g/mol. The predicted octanol–water partition coefficient (Wildman–Crippen LogP) is 3.95. The largest absolute Gasteiger partial charge is 0.349 e. The van der Waals surface area contributed by atoms with Gasteiger partial charge in [0.2, 0.25) is 5.91 Å². The van der Waals surface area contributed by atoms with Gasteiger partial charge in [-0.15, -0.1) is 11.8 Å². The van der Waals surface area contributed by atoms with E-state index in [2.05, 4.69) is 10.6 Å². The summed E-state index contributed by atoms with van der Waals surface area (Å²) in [5.74, 6) is -0.225. The first-order chi connectivity index (χ1) is 12.1. The SMILES string of the molecule is CSc1ccc(NC(=O)/C=C/c2ccc(C(=O)NC3CC3)cc2)cc1. The van der Waals surface area contributed by atoms with E-state index in [9.17, 15) is 9.59 Å². The van der Waals surface area contributed by atoms with Gasteiger partial charge in [0.25, 0.3) is 5.91 Å². The van der Waals surface area contributed by atoms with Crippen LogP contribution in [0.5, 0.6) is 0 Å². The van der Waals surface area contributed by atoms with E-state index < -0.39 is 0 Å². The molecule has 0 bridgehead atoms. The Labute approximate surface area is 151 Å². The van der Waals surface area contributed by atoms with Crippen LogP contribution >= 0.6 is 11.8 Å². The lowest BCUT2D eigenvalue weighted by Gasteiger charge is -2.04. The molecule has 2 amide bonds. The van der Waals surface area contributed by atoms with Gasteiger partial charge >= 0.3 is 0 Å². The molecule has 0 unspecified atom stereocenters. The zero-order chi connectivity index (χ0) is 17.6. The normalized spacial score (nSPS) is 13.6. The van der Waals surface area contributed by atoms with Gasteiger partial charge in [0, 0.05) is 28.3 Å². The van der Waals surface area contributed by atoms with Gasteiger partial charge in [0.15, 0.2) is 0 Å². The molecule has 1 aliphatic rings. The molecule has 2 aromatic rings. The molecule has 2 N–H and O–H groups in total. The van der Waals surface area contributed by atoms with Gasteiger partial charge in [-0.05, 0) is 67.1 Å². The van der Waals surface area contributed by atoms with Gasteiger partial charge < -0.3 is 10.6 Å². The van der Waals surface area contributed by atoms with E-state index in [-0.39, 0.29) is 11.8 Å². The van der Waals surface area contributed by atoms with Crippen LogP contribution in [0, 0.1) is 0 Å². The van der Waals surface area contributed by atoms with Crippen LogP contribution in [0.25, 0.3) is 6.08 Å². The van der Waals surface area contributed by atoms with E-state index in [4.69, 9.17) is 0 Å². The highest BCUT2D eigenvalue weighted by atomic mass is 32.2. The molecule has 4 nitrogen and oxygen atoms in total. The highest BCUT2D eigenvalue weighted by Gasteiger charge is 2.23. The lowest BCUT2D eigenvalue weighted by atomic mass is 10.1. The molecule has 2 aromatic carbocycles. The molecule has 1 fully saturated rings. The Kier molecular flexibility index (Phi) is 5.56. The Hall–Kier alpha value is -2.53. The molecule has 0 radical (unpaired) electrons. The maximum Gasteiger partial charge on any atom is 0.251 e. The number of rotatable bonds is 6. The molecule has 0 spiro atoms. The molecule has 0 aliphatic heterocycles. The molecule has 1 saturated carbocycles. The summed E-state index contributed by atoms with van der Waals surface area (Å²) >= 11 is 1.66. The number of benzene rings is 2. The second-order valence-corrected chi connectivity index (χ2v) is 6.80. The first-order valence-corrected chi connectivity index (χ1v) is 9.40. The third kappa shape index (κ3) is 5.22. The van der Waals surface area contributed by atoms with E-state index in [1.165, 1.54) is 6.08 Å². The summed E-state index contributed by atoms with van der Waals surface area (Å²) in [4.78, 5) is 25.1. The number of anilines is 1. The smallest absolute Gasteiger partial charge is 0.251 e. The Morgan fingerprint density at radius 3 is 2.32 bits per heavy atom. The second-order valence-electron chi connectivity index (χ2n) is 5.92. The fourth-order valence-corrected chi connectivity index (χ4v) is 2.68. The van der Waals surface area contributed by atoms with Crippen LogP contribution in [-0.4, -0.2) is 24.1 Å². The molecular weight excluding hydrogens is 332 g/mol. The third-order valence-corrected chi connectivity index (χ3v) is 4.61. The Morgan fingerprint density at radius 1 is 1.04 bits per heavy atom. The van der Waals surface area contributed by atoms with Crippen molar-refractivity contribution in [3.8, 4) is 0 Å².